The fraction of sp³-hybridized carbons (Fsp3) is 0.300. The fourth-order valence-electron chi connectivity index (χ4n) is 3.38. The van der Waals surface area contributed by atoms with E-state index in [9.17, 15) is 18.0 Å². The Balaban J connectivity index is 1.70. The van der Waals surface area contributed by atoms with E-state index in [4.69, 9.17) is 16.3 Å². The number of para-hydroxylation sites is 1. The average molecular weight is 424 g/mol. The van der Waals surface area contributed by atoms with E-state index < -0.39 is 16.8 Å². The molecule has 2 aliphatic rings. The minimum absolute atomic E-state index is 0.0214. The van der Waals surface area contributed by atoms with Gasteiger partial charge in [-0.2, -0.15) is 13.2 Å². The number of hydrogen-bond acceptors (Lipinski definition) is 4. The molecule has 0 aliphatic carbocycles. The number of anilines is 1. The highest BCUT2D eigenvalue weighted by molar-refractivity contribution is 6.54. The fourth-order valence-corrected chi connectivity index (χ4v) is 3.61. The molecular weight excluding hydrogens is 407 g/mol. The van der Waals surface area contributed by atoms with Crippen LogP contribution in [0.25, 0.3) is 0 Å². The number of morpholine rings is 1. The van der Waals surface area contributed by atoms with Crippen LogP contribution in [0.15, 0.2) is 47.5 Å². The monoisotopic (exact) mass is 423 g/mol. The number of alkyl halides is 3. The number of fused-ring (bicyclic) bond motifs is 1. The second kappa shape index (κ2) is 7.78. The minimum Gasteiger partial charge on any atom is -0.379 e. The molecule has 5 nitrogen and oxygen atoms in total. The Bertz CT molecular complexity index is 972. The summed E-state index contributed by atoms with van der Waals surface area (Å²) in [6.07, 6.45) is -4.60. The molecule has 29 heavy (non-hydrogen) atoms. The van der Waals surface area contributed by atoms with Crippen molar-refractivity contribution in [2.24, 2.45) is 4.99 Å². The highest BCUT2D eigenvalue weighted by Gasteiger charge is 2.36. The van der Waals surface area contributed by atoms with Gasteiger partial charge in [-0.05, 0) is 24.3 Å². The van der Waals surface area contributed by atoms with Crippen LogP contribution >= 0.6 is 11.6 Å². The van der Waals surface area contributed by atoms with Crippen LogP contribution in [0.4, 0.5) is 24.5 Å². The second-order valence-corrected chi connectivity index (χ2v) is 7.15. The van der Waals surface area contributed by atoms with E-state index in [0.29, 0.717) is 44.2 Å². The first-order chi connectivity index (χ1) is 13.8. The number of nitrogens with zero attached hydrogens (tertiary/aromatic N) is 3. The largest absolute Gasteiger partial charge is 0.417 e. The van der Waals surface area contributed by atoms with Gasteiger partial charge in [0.1, 0.15) is 5.71 Å². The van der Waals surface area contributed by atoms with Gasteiger partial charge in [0.25, 0.3) is 5.91 Å². The zero-order valence-corrected chi connectivity index (χ0v) is 16.0. The molecule has 0 spiro atoms. The molecule has 0 unspecified atom stereocenters. The molecule has 0 bridgehead atoms. The number of amides is 1. The van der Waals surface area contributed by atoms with Crippen molar-refractivity contribution in [3.63, 3.8) is 0 Å². The maximum Gasteiger partial charge on any atom is 0.417 e. The highest BCUT2D eigenvalue weighted by atomic mass is 35.5. The number of aliphatic imine (C=N–C) groups is 1. The number of hydrogen-bond donors (Lipinski definition) is 0. The normalized spacial score (nSPS) is 19.1. The lowest BCUT2D eigenvalue weighted by molar-refractivity contribution is -0.137. The van der Waals surface area contributed by atoms with Crippen LogP contribution in [0.5, 0.6) is 0 Å². The van der Waals surface area contributed by atoms with Gasteiger partial charge in [0, 0.05) is 18.7 Å². The van der Waals surface area contributed by atoms with E-state index in [1.54, 1.807) is 23.1 Å². The molecule has 0 radical (unpaired) electrons. The number of rotatable bonds is 3. The van der Waals surface area contributed by atoms with Crippen LogP contribution in [-0.4, -0.2) is 49.5 Å². The van der Waals surface area contributed by atoms with Gasteiger partial charge in [0.05, 0.1) is 41.8 Å². The number of ether oxygens (including phenoxy) is 1. The Morgan fingerprint density at radius 1 is 1.10 bits per heavy atom. The van der Waals surface area contributed by atoms with E-state index in [0.717, 1.165) is 12.1 Å². The summed E-state index contributed by atoms with van der Waals surface area (Å²) >= 11 is 5.68. The number of carbonyl (C=O) groups is 1. The van der Waals surface area contributed by atoms with Gasteiger partial charge in [0.15, 0.2) is 0 Å². The van der Waals surface area contributed by atoms with Gasteiger partial charge in [-0.15, -0.1) is 0 Å². The maximum atomic E-state index is 13.2. The van der Waals surface area contributed by atoms with E-state index in [1.807, 2.05) is 6.07 Å². The summed E-state index contributed by atoms with van der Waals surface area (Å²) in [4.78, 5) is 21.0. The average Bonchev–Trinajstić information content (AvgIpc) is 2.95. The van der Waals surface area contributed by atoms with Crippen molar-refractivity contribution >= 4 is 34.6 Å². The van der Waals surface area contributed by atoms with Gasteiger partial charge in [-0.3, -0.25) is 14.6 Å². The Labute approximate surface area is 170 Å². The van der Waals surface area contributed by atoms with Crippen LogP contribution in [0, 0.1) is 0 Å². The van der Waals surface area contributed by atoms with Gasteiger partial charge < -0.3 is 4.74 Å². The smallest absolute Gasteiger partial charge is 0.379 e. The number of halogens is 4. The summed E-state index contributed by atoms with van der Waals surface area (Å²) in [5, 5.41) is -0.409. The quantitative estimate of drug-likeness (QED) is 0.746. The van der Waals surface area contributed by atoms with Crippen LogP contribution in [0.1, 0.15) is 11.1 Å². The van der Waals surface area contributed by atoms with Crippen molar-refractivity contribution in [3.8, 4) is 0 Å². The Morgan fingerprint density at radius 3 is 2.55 bits per heavy atom. The maximum absolute atomic E-state index is 13.2. The van der Waals surface area contributed by atoms with Crippen molar-refractivity contribution in [2.75, 3.05) is 37.9 Å². The number of carbonyl (C=O) groups excluding carboxylic acids is 1. The molecule has 2 aromatic rings. The van der Waals surface area contributed by atoms with Gasteiger partial charge in [-0.1, -0.05) is 29.8 Å². The van der Waals surface area contributed by atoms with Crippen molar-refractivity contribution in [3.05, 3.63) is 58.6 Å². The van der Waals surface area contributed by atoms with E-state index in [1.165, 1.54) is 6.07 Å². The predicted molar refractivity (Wildman–Crippen MR) is 104 cm³/mol. The standard InChI is InChI=1S/C20H17ClF3N3O2/c21-16-6-5-13(11-15(16)20(22,23)24)25-18-14-3-1-2-4-17(14)27(19(18)28)12-26-7-9-29-10-8-26/h1-6,11H,7-10,12H2. The molecule has 9 heteroatoms. The first-order valence-corrected chi connectivity index (χ1v) is 9.39. The molecular formula is C20H17ClF3N3O2. The third-order valence-corrected chi connectivity index (χ3v) is 5.17. The SMILES string of the molecule is O=C1C(=Nc2ccc(Cl)c(C(F)(F)F)c2)c2ccccc2N1CN1CCOCC1. The molecule has 2 aliphatic heterocycles. The number of benzene rings is 2. The molecule has 2 heterocycles. The van der Waals surface area contributed by atoms with Crippen molar-refractivity contribution in [1.82, 2.24) is 4.90 Å². The van der Waals surface area contributed by atoms with Crippen LogP contribution in [0.3, 0.4) is 0 Å². The molecule has 4 rings (SSSR count). The zero-order valence-electron chi connectivity index (χ0n) is 15.2. The Kier molecular flexibility index (Phi) is 5.33. The lowest BCUT2D eigenvalue weighted by atomic mass is 10.1. The minimum atomic E-state index is -4.60. The Hall–Kier alpha value is -2.42. The first-order valence-electron chi connectivity index (χ1n) is 9.01. The molecule has 0 N–H and O–H groups in total. The van der Waals surface area contributed by atoms with Gasteiger partial charge >= 0.3 is 6.18 Å². The van der Waals surface area contributed by atoms with Crippen LogP contribution < -0.4 is 4.90 Å². The topological polar surface area (TPSA) is 45.1 Å². The third-order valence-electron chi connectivity index (χ3n) is 4.84. The van der Waals surface area contributed by atoms with Crippen LogP contribution in [-0.2, 0) is 15.7 Å². The summed E-state index contributed by atoms with van der Waals surface area (Å²) in [7, 11) is 0. The lowest BCUT2D eigenvalue weighted by Gasteiger charge is -2.30. The van der Waals surface area contributed by atoms with Crippen molar-refractivity contribution < 1.29 is 22.7 Å². The molecule has 1 saturated heterocycles. The zero-order chi connectivity index (χ0) is 20.6. The molecule has 1 amide bonds. The summed E-state index contributed by atoms with van der Waals surface area (Å²) in [6, 6.07) is 10.5. The van der Waals surface area contributed by atoms with E-state index >= 15 is 0 Å². The summed E-state index contributed by atoms with van der Waals surface area (Å²) in [5.41, 5.74) is 0.435. The van der Waals surface area contributed by atoms with Crippen LogP contribution in [0.2, 0.25) is 5.02 Å². The van der Waals surface area contributed by atoms with E-state index in [-0.39, 0.29) is 17.3 Å². The Morgan fingerprint density at radius 2 is 1.83 bits per heavy atom. The first kappa shape index (κ1) is 19.9. The second-order valence-electron chi connectivity index (χ2n) is 6.74. The predicted octanol–water partition coefficient (Wildman–Crippen LogP) is 4.12. The molecule has 0 aromatic heterocycles. The van der Waals surface area contributed by atoms with Gasteiger partial charge in [0.2, 0.25) is 0 Å². The summed E-state index contributed by atoms with van der Waals surface area (Å²) in [6.45, 7) is 2.95. The van der Waals surface area contributed by atoms with E-state index in [2.05, 4.69) is 9.89 Å². The lowest BCUT2D eigenvalue weighted by Crippen LogP contribution is -2.45. The van der Waals surface area contributed by atoms with Gasteiger partial charge in [-0.25, -0.2) is 4.99 Å². The van der Waals surface area contributed by atoms with Crippen molar-refractivity contribution in [1.29, 1.82) is 0 Å². The molecule has 0 saturated carbocycles. The highest BCUT2D eigenvalue weighted by Crippen LogP contribution is 2.38. The summed E-state index contributed by atoms with van der Waals surface area (Å²) < 4.78 is 44.8. The molecule has 1 fully saturated rings. The molecule has 2 aromatic carbocycles. The third kappa shape index (κ3) is 4.01. The molecule has 152 valence electrons. The van der Waals surface area contributed by atoms with Crippen molar-refractivity contribution in [2.45, 2.75) is 6.18 Å². The molecule has 0 atom stereocenters. The summed E-state index contributed by atoms with van der Waals surface area (Å²) in [5.74, 6) is -0.346.